The molecule has 0 fully saturated rings. The molecule has 270 valence electrons. The van der Waals surface area contributed by atoms with E-state index in [0.29, 0.717) is 0 Å². The maximum Gasteiger partial charge on any atom is 0.143 e. The van der Waals surface area contributed by atoms with E-state index in [1.54, 1.807) is 0 Å². The molecule has 0 atom stereocenters. The summed E-state index contributed by atoms with van der Waals surface area (Å²) in [5.41, 5.74) is 17.4. The van der Waals surface area contributed by atoms with Crippen LogP contribution < -0.4 is 4.90 Å². The largest absolute Gasteiger partial charge is 0.455 e. The Morgan fingerprint density at radius 3 is 1.70 bits per heavy atom. The Morgan fingerprint density at radius 1 is 0.386 bits per heavy atom. The van der Waals surface area contributed by atoms with Gasteiger partial charge in [0, 0.05) is 38.8 Å². The van der Waals surface area contributed by atoms with Gasteiger partial charge in [-0.2, -0.15) is 0 Å². The molecule has 2 heteroatoms. The third kappa shape index (κ3) is 5.33. The second kappa shape index (κ2) is 13.0. The van der Waals surface area contributed by atoms with Gasteiger partial charge in [0.25, 0.3) is 0 Å². The summed E-state index contributed by atoms with van der Waals surface area (Å²) in [6, 6.07) is 72.4. The predicted molar refractivity (Wildman–Crippen MR) is 240 cm³/mol. The van der Waals surface area contributed by atoms with E-state index >= 15 is 0 Å². The Hall–Kier alpha value is -7.16. The first-order valence-electron chi connectivity index (χ1n) is 19.8. The van der Waals surface area contributed by atoms with E-state index in [4.69, 9.17) is 4.42 Å². The number of rotatable bonds is 6. The van der Waals surface area contributed by atoms with E-state index in [0.717, 1.165) is 61.3 Å². The highest BCUT2D eigenvalue weighted by Gasteiger charge is 2.35. The Bertz CT molecular complexity index is 3120. The second-order valence-electron chi connectivity index (χ2n) is 15.7. The van der Waals surface area contributed by atoms with Gasteiger partial charge in [-0.15, -0.1) is 0 Å². The molecular weight excluding hydrogens is 691 g/mol. The average molecular weight is 730 g/mol. The van der Waals surface area contributed by atoms with Crippen molar-refractivity contribution in [1.29, 1.82) is 0 Å². The highest BCUT2D eigenvalue weighted by molar-refractivity contribution is 6.25. The summed E-state index contributed by atoms with van der Waals surface area (Å²) in [6.07, 6.45) is 0. The fourth-order valence-corrected chi connectivity index (χ4v) is 9.24. The van der Waals surface area contributed by atoms with Crippen LogP contribution in [0.5, 0.6) is 0 Å². The molecule has 1 heterocycles. The Balaban J connectivity index is 1.06. The monoisotopic (exact) mass is 729 g/mol. The highest BCUT2D eigenvalue weighted by Crippen LogP contribution is 2.51. The van der Waals surface area contributed by atoms with Crippen LogP contribution in [0.2, 0.25) is 0 Å². The molecule has 1 aliphatic rings. The molecule has 10 aromatic rings. The molecule has 0 bridgehead atoms. The van der Waals surface area contributed by atoms with Crippen LogP contribution in [0.15, 0.2) is 205 Å². The van der Waals surface area contributed by atoms with Gasteiger partial charge >= 0.3 is 0 Å². The summed E-state index contributed by atoms with van der Waals surface area (Å²) >= 11 is 0. The lowest BCUT2D eigenvalue weighted by Gasteiger charge is -2.28. The smallest absolute Gasteiger partial charge is 0.143 e. The molecule has 9 aromatic carbocycles. The zero-order chi connectivity index (χ0) is 38.1. The highest BCUT2D eigenvalue weighted by atomic mass is 16.3. The maximum absolute atomic E-state index is 6.80. The van der Waals surface area contributed by atoms with Crippen LogP contribution in [-0.2, 0) is 5.41 Å². The van der Waals surface area contributed by atoms with Gasteiger partial charge < -0.3 is 9.32 Å². The first-order chi connectivity index (χ1) is 28.0. The van der Waals surface area contributed by atoms with Crippen LogP contribution >= 0.6 is 0 Å². The second-order valence-corrected chi connectivity index (χ2v) is 15.7. The van der Waals surface area contributed by atoms with Crippen molar-refractivity contribution in [2.45, 2.75) is 19.3 Å². The van der Waals surface area contributed by atoms with Crippen LogP contribution in [0.4, 0.5) is 17.1 Å². The molecule has 11 rings (SSSR count). The summed E-state index contributed by atoms with van der Waals surface area (Å²) in [7, 11) is 0. The van der Waals surface area contributed by atoms with E-state index in [2.05, 4.69) is 219 Å². The molecule has 0 unspecified atom stereocenters. The Labute approximate surface area is 332 Å². The lowest BCUT2D eigenvalue weighted by molar-refractivity contribution is 0.660. The molecule has 0 saturated heterocycles. The first kappa shape index (κ1) is 33.2. The minimum atomic E-state index is -0.106. The first-order valence-corrected chi connectivity index (χ1v) is 19.8. The number of nitrogens with zero attached hydrogens (tertiary/aromatic N) is 1. The lowest BCUT2D eigenvalue weighted by Crippen LogP contribution is -2.16. The fraction of sp³-hybridized carbons (Fsp3) is 0.0545. The number of benzene rings is 9. The zero-order valence-corrected chi connectivity index (χ0v) is 31.9. The summed E-state index contributed by atoms with van der Waals surface area (Å²) in [4.78, 5) is 2.39. The molecule has 57 heavy (non-hydrogen) atoms. The molecule has 1 aliphatic carbocycles. The zero-order valence-electron chi connectivity index (χ0n) is 31.9. The van der Waals surface area contributed by atoms with Gasteiger partial charge in [-0.05, 0) is 109 Å². The third-order valence-corrected chi connectivity index (χ3v) is 12.1. The van der Waals surface area contributed by atoms with Gasteiger partial charge in [0.2, 0.25) is 0 Å². The standard InChI is InChI=1S/C55H39NO/c1-55(2)49-22-12-11-20-46(49)47-33-32-43(35-50(47)55)56(41-28-24-37(25-29-41)36-14-5-3-6-15-36)42-30-26-39(27-31-42)44-21-13-23-51-52(44)53-45-19-10-9-18-40(45)34-48(54(53)57-51)38-16-7-4-8-17-38/h3-35H,1-2H3. The van der Waals surface area contributed by atoms with Crippen molar-refractivity contribution in [2.75, 3.05) is 4.90 Å². The van der Waals surface area contributed by atoms with Gasteiger partial charge in [-0.25, -0.2) is 0 Å². The minimum absolute atomic E-state index is 0.106. The number of hydrogen-bond donors (Lipinski definition) is 0. The van der Waals surface area contributed by atoms with E-state index in [-0.39, 0.29) is 5.41 Å². The molecule has 2 nitrogen and oxygen atoms in total. The van der Waals surface area contributed by atoms with Gasteiger partial charge in [0.1, 0.15) is 11.2 Å². The van der Waals surface area contributed by atoms with E-state index in [1.165, 1.54) is 44.2 Å². The van der Waals surface area contributed by atoms with E-state index in [1.807, 2.05) is 0 Å². The average Bonchev–Trinajstić information content (AvgIpc) is 3.77. The van der Waals surface area contributed by atoms with Gasteiger partial charge in [0.05, 0.1) is 0 Å². The third-order valence-electron chi connectivity index (χ3n) is 12.1. The summed E-state index contributed by atoms with van der Waals surface area (Å²) < 4.78 is 6.80. The fourth-order valence-electron chi connectivity index (χ4n) is 9.24. The summed E-state index contributed by atoms with van der Waals surface area (Å²) in [5, 5.41) is 4.69. The maximum atomic E-state index is 6.80. The van der Waals surface area contributed by atoms with Gasteiger partial charge in [0.15, 0.2) is 0 Å². The topological polar surface area (TPSA) is 16.4 Å². The van der Waals surface area contributed by atoms with Crippen molar-refractivity contribution >= 4 is 49.8 Å². The predicted octanol–water partition coefficient (Wildman–Crippen LogP) is 15.5. The van der Waals surface area contributed by atoms with Crippen LogP contribution in [0, 0.1) is 0 Å². The number of fused-ring (bicyclic) bond motifs is 8. The quantitative estimate of drug-likeness (QED) is 0.169. The van der Waals surface area contributed by atoms with Crippen LogP contribution in [0.25, 0.3) is 77.2 Å². The molecule has 0 aliphatic heterocycles. The van der Waals surface area contributed by atoms with Crippen LogP contribution in [0.1, 0.15) is 25.0 Å². The van der Waals surface area contributed by atoms with Crippen molar-refractivity contribution < 1.29 is 4.42 Å². The number of anilines is 3. The van der Waals surface area contributed by atoms with Crippen molar-refractivity contribution in [2.24, 2.45) is 0 Å². The van der Waals surface area contributed by atoms with E-state index < -0.39 is 0 Å². The van der Waals surface area contributed by atoms with Crippen LogP contribution in [-0.4, -0.2) is 0 Å². The van der Waals surface area contributed by atoms with Crippen molar-refractivity contribution in [3.05, 3.63) is 211 Å². The van der Waals surface area contributed by atoms with Crippen molar-refractivity contribution in [3.8, 4) is 44.5 Å². The molecule has 0 radical (unpaired) electrons. The van der Waals surface area contributed by atoms with E-state index in [9.17, 15) is 0 Å². The molecular formula is C55H39NO. The Morgan fingerprint density at radius 2 is 0.947 bits per heavy atom. The number of hydrogen-bond acceptors (Lipinski definition) is 2. The lowest BCUT2D eigenvalue weighted by atomic mass is 9.82. The number of furan rings is 1. The minimum Gasteiger partial charge on any atom is -0.455 e. The van der Waals surface area contributed by atoms with Crippen molar-refractivity contribution in [1.82, 2.24) is 0 Å². The molecule has 0 amide bonds. The summed E-state index contributed by atoms with van der Waals surface area (Å²) in [6.45, 7) is 4.70. The molecule has 0 saturated carbocycles. The Kier molecular flexibility index (Phi) is 7.55. The molecule has 0 N–H and O–H groups in total. The van der Waals surface area contributed by atoms with Crippen molar-refractivity contribution in [3.63, 3.8) is 0 Å². The molecule has 0 spiro atoms. The normalized spacial score (nSPS) is 12.9. The van der Waals surface area contributed by atoms with Gasteiger partial charge in [-0.1, -0.05) is 166 Å². The molecule has 1 aromatic heterocycles. The summed E-state index contributed by atoms with van der Waals surface area (Å²) in [5.74, 6) is 0. The van der Waals surface area contributed by atoms with Gasteiger partial charge in [-0.3, -0.25) is 0 Å². The SMILES string of the molecule is CC1(C)c2ccccc2-c2ccc(N(c3ccc(-c4ccccc4)cc3)c3ccc(-c4cccc5oc6c(-c7ccccc7)cc7ccccc7c6c45)cc3)cc21. The van der Waals surface area contributed by atoms with Crippen LogP contribution in [0.3, 0.4) is 0 Å².